The van der Waals surface area contributed by atoms with Crippen molar-refractivity contribution in [3.8, 4) is 5.75 Å². The minimum absolute atomic E-state index is 0.0240. The Kier molecular flexibility index (Phi) is 1.79. The number of nitrogen functional groups attached to an aromatic ring is 1. The molecule has 0 saturated carbocycles. The number of aromatic hydroxyl groups is 1. The Morgan fingerprint density at radius 3 is 2.75 bits per heavy atom. The van der Waals surface area contributed by atoms with Gasteiger partial charge in [0.2, 0.25) is 0 Å². The van der Waals surface area contributed by atoms with E-state index in [9.17, 15) is 5.11 Å². The highest BCUT2D eigenvalue weighted by Gasteiger charge is 2.14. The maximum absolute atomic E-state index is 9.62. The first kappa shape index (κ1) is 9.36. The van der Waals surface area contributed by atoms with Gasteiger partial charge in [-0.2, -0.15) is 0 Å². The Hall–Kier alpha value is -1.87. The fourth-order valence-electron chi connectivity index (χ4n) is 1.82. The predicted molar refractivity (Wildman–Crippen MR) is 64.8 cm³/mol. The number of fused-ring (bicyclic) bond motifs is 3. The summed E-state index contributed by atoms with van der Waals surface area (Å²) >= 11 is 6.02. The van der Waals surface area contributed by atoms with Crippen molar-refractivity contribution in [2.45, 2.75) is 0 Å². The number of hydrogen-bond acceptors (Lipinski definition) is 3. The van der Waals surface area contributed by atoms with Crippen LogP contribution in [0.3, 0.4) is 0 Å². The largest absolute Gasteiger partial charge is 0.506 e. The van der Waals surface area contributed by atoms with Crippen molar-refractivity contribution < 1.29 is 9.52 Å². The molecule has 16 heavy (non-hydrogen) atoms. The molecular formula is C12H8ClNO2. The fourth-order valence-corrected chi connectivity index (χ4v) is 2.06. The lowest BCUT2D eigenvalue weighted by atomic mass is 10.1. The van der Waals surface area contributed by atoms with Gasteiger partial charge in [-0.1, -0.05) is 29.8 Å². The van der Waals surface area contributed by atoms with Gasteiger partial charge >= 0.3 is 0 Å². The summed E-state index contributed by atoms with van der Waals surface area (Å²) in [6.45, 7) is 0. The quantitative estimate of drug-likeness (QED) is 0.461. The summed E-state index contributed by atoms with van der Waals surface area (Å²) in [5, 5.41) is 11.6. The summed E-state index contributed by atoms with van der Waals surface area (Å²) in [4.78, 5) is 0. The van der Waals surface area contributed by atoms with Crippen LogP contribution in [0.4, 0.5) is 5.69 Å². The molecule has 1 aromatic heterocycles. The van der Waals surface area contributed by atoms with E-state index in [0.29, 0.717) is 5.58 Å². The van der Waals surface area contributed by atoms with Crippen LogP contribution in [0, 0.1) is 0 Å². The number of benzene rings is 2. The summed E-state index contributed by atoms with van der Waals surface area (Å²) in [6, 6.07) is 9.11. The standard InChI is InChI=1S/C12H8ClNO2/c13-10-11(14)8(15)5-7-6-3-1-2-4-9(6)16-12(7)10/h1-5,15H,14H2. The van der Waals surface area contributed by atoms with Crippen LogP contribution in [0.25, 0.3) is 21.9 Å². The molecule has 3 aromatic rings. The van der Waals surface area contributed by atoms with Crippen LogP contribution in [0.1, 0.15) is 0 Å². The van der Waals surface area contributed by atoms with Crippen molar-refractivity contribution >= 4 is 39.2 Å². The molecule has 2 aromatic carbocycles. The van der Waals surface area contributed by atoms with Gasteiger partial charge in [0.15, 0.2) is 5.58 Å². The molecule has 0 aliphatic rings. The van der Waals surface area contributed by atoms with E-state index in [-0.39, 0.29) is 16.5 Å². The van der Waals surface area contributed by atoms with Gasteiger partial charge in [0, 0.05) is 10.8 Å². The molecule has 0 fully saturated rings. The molecular weight excluding hydrogens is 226 g/mol. The highest BCUT2D eigenvalue weighted by Crippen LogP contribution is 2.40. The number of furan rings is 1. The Labute approximate surface area is 96.0 Å². The fraction of sp³-hybridized carbons (Fsp3) is 0. The number of phenolic OH excluding ortho intramolecular Hbond substituents is 1. The smallest absolute Gasteiger partial charge is 0.156 e. The van der Waals surface area contributed by atoms with Crippen molar-refractivity contribution in [1.29, 1.82) is 0 Å². The minimum atomic E-state index is -0.0240. The molecule has 0 bridgehead atoms. The van der Waals surface area contributed by atoms with Gasteiger partial charge in [0.25, 0.3) is 0 Å². The lowest BCUT2D eigenvalue weighted by molar-refractivity contribution is 0.478. The van der Waals surface area contributed by atoms with E-state index in [2.05, 4.69) is 0 Å². The molecule has 0 saturated heterocycles. The molecule has 4 heteroatoms. The second-order valence-electron chi connectivity index (χ2n) is 3.60. The van der Waals surface area contributed by atoms with Crippen LogP contribution in [0.15, 0.2) is 34.7 Å². The van der Waals surface area contributed by atoms with Crippen LogP contribution in [-0.4, -0.2) is 5.11 Å². The first-order valence-electron chi connectivity index (χ1n) is 4.76. The maximum Gasteiger partial charge on any atom is 0.156 e. The van der Waals surface area contributed by atoms with E-state index in [1.165, 1.54) is 0 Å². The molecule has 0 spiro atoms. The molecule has 0 atom stereocenters. The van der Waals surface area contributed by atoms with E-state index in [0.717, 1.165) is 16.4 Å². The summed E-state index contributed by atoms with van der Waals surface area (Å²) in [5.41, 5.74) is 7.01. The summed E-state index contributed by atoms with van der Waals surface area (Å²) in [7, 11) is 0. The number of rotatable bonds is 0. The van der Waals surface area contributed by atoms with Gasteiger partial charge in [-0.05, 0) is 12.1 Å². The van der Waals surface area contributed by atoms with Crippen LogP contribution >= 0.6 is 11.6 Å². The molecule has 3 nitrogen and oxygen atoms in total. The van der Waals surface area contributed by atoms with Crippen LogP contribution in [0.5, 0.6) is 5.75 Å². The highest BCUT2D eigenvalue weighted by atomic mass is 35.5. The molecule has 3 N–H and O–H groups in total. The van der Waals surface area contributed by atoms with Crippen molar-refractivity contribution in [3.63, 3.8) is 0 Å². The Balaban J connectivity index is 2.60. The average molecular weight is 234 g/mol. The van der Waals surface area contributed by atoms with Gasteiger partial charge in [-0.3, -0.25) is 0 Å². The van der Waals surface area contributed by atoms with Crippen LogP contribution < -0.4 is 5.73 Å². The van der Waals surface area contributed by atoms with Crippen molar-refractivity contribution in [3.05, 3.63) is 35.4 Å². The van der Waals surface area contributed by atoms with Crippen molar-refractivity contribution in [2.24, 2.45) is 0 Å². The van der Waals surface area contributed by atoms with Crippen LogP contribution in [-0.2, 0) is 0 Å². The van der Waals surface area contributed by atoms with E-state index >= 15 is 0 Å². The van der Waals surface area contributed by atoms with Crippen LogP contribution in [0.2, 0.25) is 5.02 Å². The number of para-hydroxylation sites is 1. The zero-order valence-corrected chi connectivity index (χ0v) is 8.95. The van der Waals surface area contributed by atoms with Gasteiger partial charge in [0.05, 0.1) is 5.69 Å². The first-order valence-corrected chi connectivity index (χ1v) is 5.14. The zero-order valence-electron chi connectivity index (χ0n) is 8.20. The third-order valence-corrected chi connectivity index (χ3v) is 3.00. The minimum Gasteiger partial charge on any atom is -0.506 e. The molecule has 3 rings (SSSR count). The predicted octanol–water partition coefficient (Wildman–Crippen LogP) is 3.53. The van der Waals surface area contributed by atoms with Gasteiger partial charge in [-0.15, -0.1) is 0 Å². The van der Waals surface area contributed by atoms with Gasteiger partial charge in [-0.25, -0.2) is 0 Å². The Bertz CT molecular complexity index is 703. The third-order valence-electron chi connectivity index (χ3n) is 2.63. The second kappa shape index (κ2) is 3.06. The SMILES string of the molecule is Nc1c(O)cc2c(oc3ccccc32)c1Cl. The molecule has 80 valence electrons. The highest BCUT2D eigenvalue weighted by molar-refractivity contribution is 6.38. The third kappa shape index (κ3) is 1.09. The number of hydrogen-bond donors (Lipinski definition) is 2. The molecule has 0 amide bonds. The molecule has 0 unspecified atom stereocenters. The van der Waals surface area contributed by atoms with E-state index < -0.39 is 0 Å². The molecule has 1 heterocycles. The first-order chi connectivity index (χ1) is 7.68. The number of phenols is 1. The summed E-state index contributed by atoms with van der Waals surface area (Å²) in [6.07, 6.45) is 0. The number of nitrogens with two attached hydrogens (primary N) is 1. The van der Waals surface area contributed by atoms with Crippen molar-refractivity contribution in [1.82, 2.24) is 0 Å². The normalized spacial score (nSPS) is 11.3. The van der Waals surface area contributed by atoms with E-state index in [1.807, 2.05) is 24.3 Å². The number of anilines is 1. The lowest BCUT2D eigenvalue weighted by Crippen LogP contribution is -1.86. The van der Waals surface area contributed by atoms with Crippen molar-refractivity contribution in [2.75, 3.05) is 5.73 Å². The summed E-state index contributed by atoms with van der Waals surface area (Å²) in [5.74, 6) is -0.0240. The van der Waals surface area contributed by atoms with Gasteiger partial charge in [0.1, 0.15) is 16.4 Å². The second-order valence-corrected chi connectivity index (χ2v) is 3.98. The topological polar surface area (TPSA) is 59.4 Å². The molecule has 0 aliphatic carbocycles. The van der Waals surface area contributed by atoms with Gasteiger partial charge < -0.3 is 15.3 Å². The monoisotopic (exact) mass is 233 g/mol. The molecule has 0 radical (unpaired) electrons. The summed E-state index contributed by atoms with van der Waals surface area (Å²) < 4.78 is 5.60. The lowest BCUT2D eigenvalue weighted by Gasteiger charge is -2.01. The van der Waals surface area contributed by atoms with E-state index in [4.69, 9.17) is 21.8 Å². The number of halogens is 1. The van der Waals surface area contributed by atoms with E-state index in [1.54, 1.807) is 6.07 Å². The zero-order chi connectivity index (χ0) is 11.3. The Morgan fingerprint density at radius 2 is 1.94 bits per heavy atom. The average Bonchev–Trinajstić information content (AvgIpc) is 2.65. The molecule has 0 aliphatic heterocycles. The maximum atomic E-state index is 9.62. The Morgan fingerprint density at radius 1 is 1.19 bits per heavy atom.